The average molecular weight is 299 g/mol. The Hall–Kier alpha value is -2.24. The Bertz CT molecular complexity index is 616. The average Bonchev–Trinajstić information content (AvgIpc) is 3.03. The Morgan fingerprint density at radius 3 is 2.73 bits per heavy atom. The Kier molecular flexibility index (Phi) is 4.46. The first kappa shape index (κ1) is 14.7. The molecule has 1 fully saturated rings. The number of carbonyl (C=O) groups is 1. The Morgan fingerprint density at radius 1 is 1.23 bits per heavy atom. The van der Waals surface area contributed by atoms with Crippen LogP contribution in [0.5, 0.6) is 0 Å². The van der Waals surface area contributed by atoms with E-state index in [4.69, 9.17) is 0 Å². The molecule has 116 valence electrons. The van der Waals surface area contributed by atoms with Gasteiger partial charge in [0.25, 0.3) is 5.91 Å². The monoisotopic (exact) mass is 299 g/mol. The minimum Gasteiger partial charge on any atom is -0.337 e. The molecule has 0 aromatic carbocycles. The maximum absolute atomic E-state index is 12.3. The lowest BCUT2D eigenvalue weighted by Crippen LogP contribution is -2.39. The summed E-state index contributed by atoms with van der Waals surface area (Å²) >= 11 is 0. The first-order valence-electron chi connectivity index (χ1n) is 7.83. The second-order valence-electron chi connectivity index (χ2n) is 5.68. The minimum absolute atomic E-state index is 0.0107. The molecular weight excluding hydrogens is 278 g/mol. The van der Waals surface area contributed by atoms with Gasteiger partial charge in [0.1, 0.15) is 11.5 Å². The summed E-state index contributed by atoms with van der Waals surface area (Å²) in [5.74, 6) is 1.73. The highest BCUT2D eigenvalue weighted by Crippen LogP contribution is 2.21. The highest BCUT2D eigenvalue weighted by Gasteiger charge is 2.24. The van der Waals surface area contributed by atoms with Crippen LogP contribution in [0, 0.1) is 5.92 Å². The van der Waals surface area contributed by atoms with Gasteiger partial charge in [-0.15, -0.1) is 0 Å². The third-order valence-electron chi connectivity index (χ3n) is 4.26. The van der Waals surface area contributed by atoms with E-state index in [2.05, 4.69) is 32.6 Å². The van der Waals surface area contributed by atoms with Crippen LogP contribution in [0.15, 0.2) is 31.0 Å². The van der Waals surface area contributed by atoms with Gasteiger partial charge in [0, 0.05) is 50.8 Å². The number of carbonyl (C=O) groups excluding carboxylic acids is 1. The lowest BCUT2D eigenvalue weighted by atomic mass is 9.96. The van der Waals surface area contributed by atoms with E-state index in [-0.39, 0.29) is 5.91 Å². The van der Waals surface area contributed by atoms with Crippen molar-refractivity contribution in [1.82, 2.24) is 24.4 Å². The van der Waals surface area contributed by atoms with Gasteiger partial charge in [-0.2, -0.15) is 0 Å². The molecule has 0 atom stereocenters. The first-order valence-corrected chi connectivity index (χ1v) is 7.83. The van der Waals surface area contributed by atoms with Crippen molar-refractivity contribution in [3.05, 3.63) is 42.5 Å². The topological polar surface area (TPSA) is 63.9 Å². The summed E-state index contributed by atoms with van der Waals surface area (Å²) < 4.78 is 2.24. The number of likely N-dealkylation sites (tertiary alicyclic amines) is 1. The van der Waals surface area contributed by atoms with E-state index in [1.807, 2.05) is 11.1 Å². The van der Waals surface area contributed by atoms with Crippen molar-refractivity contribution in [2.45, 2.75) is 32.7 Å². The number of hydrogen-bond donors (Lipinski definition) is 0. The van der Waals surface area contributed by atoms with Crippen LogP contribution in [-0.4, -0.2) is 43.4 Å². The molecule has 0 aliphatic carbocycles. The fourth-order valence-electron chi connectivity index (χ4n) is 2.99. The predicted octanol–water partition coefficient (Wildman–Crippen LogP) is 1.79. The van der Waals surface area contributed by atoms with Crippen LogP contribution in [0.25, 0.3) is 0 Å². The molecule has 0 N–H and O–H groups in total. The summed E-state index contributed by atoms with van der Waals surface area (Å²) in [6.45, 7) is 4.70. The number of aromatic nitrogens is 4. The van der Waals surface area contributed by atoms with E-state index in [1.54, 1.807) is 12.4 Å². The van der Waals surface area contributed by atoms with Crippen LogP contribution in [0.2, 0.25) is 0 Å². The summed E-state index contributed by atoms with van der Waals surface area (Å²) in [7, 11) is 0. The Balaban J connectivity index is 1.55. The minimum atomic E-state index is -0.0107. The second kappa shape index (κ2) is 6.68. The van der Waals surface area contributed by atoms with Crippen LogP contribution in [0.1, 0.15) is 36.1 Å². The van der Waals surface area contributed by atoms with Crippen LogP contribution < -0.4 is 0 Å². The smallest absolute Gasteiger partial charge is 0.274 e. The van der Waals surface area contributed by atoms with Gasteiger partial charge in [-0.25, -0.2) is 9.97 Å². The molecular formula is C16H21N5O. The van der Waals surface area contributed by atoms with E-state index < -0.39 is 0 Å². The van der Waals surface area contributed by atoms with Crippen LogP contribution in [-0.2, 0) is 13.0 Å². The summed E-state index contributed by atoms with van der Waals surface area (Å²) in [4.78, 5) is 26.6. The number of imidazole rings is 1. The molecule has 1 amide bonds. The predicted molar refractivity (Wildman–Crippen MR) is 82.3 cm³/mol. The molecule has 2 aromatic rings. The summed E-state index contributed by atoms with van der Waals surface area (Å²) in [6, 6.07) is 0. The fraction of sp³-hybridized carbons (Fsp3) is 0.500. The van der Waals surface area contributed by atoms with Gasteiger partial charge >= 0.3 is 0 Å². The van der Waals surface area contributed by atoms with Gasteiger partial charge in [0.2, 0.25) is 0 Å². The fourth-order valence-corrected chi connectivity index (χ4v) is 2.99. The van der Waals surface area contributed by atoms with Crippen molar-refractivity contribution in [2.24, 2.45) is 5.92 Å². The maximum atomic E-state index is 12.3. The normalized spacial score (nSPS) is 16.0. The van der Waals surface area contributed by atoms with E-state index in [0.717, 1.165) is 44.7 Å². The zero-order valence-electron chi connectivity index (χ0n) is 12.9. The molecule has 0 radical (unpaired) electrons. The molecule has 2 aromatic heterocycles. The zero-order chi connectivity index (χ0) is 15.4. The van der Waals surface area contributed by atoms with E-state index in [1.165, 1.54) is 6.20 Å². The summed E-state index contributed by atoms with van der Waals surface area (Å²) in [6.07, 6.45) is 11.6. The lowest BCUT2D eigenvalue weighted by Gasteiger charge is -2.32. The molecule has 3 heterocycles. The van der Waals surface area contributed by atoms with Crippen molar-refractivity contribution in [2.75, 3.05) is 13.1 Å². The molecule has 1 aliphatic heterocycles. The quantitative estimate of drug-likeness (QED) is 0.863. The number of hydrogen-bond acceptors (Lipinski definition) is 4. The lowest BCUT2D eigenvalue weighted by molar-refractivity contribution is 0.0676. The first-order chi connectivity index (χ1) is 10.8. The largest absolute Gasteiger partial charge is 0.337 e. The molecule has 6 nitrogen and oxygen atoms in total. The van der Waals surface area contributed by atoms with Crippen molar-refractivity contribution in [1.29, 1.82) is 0 Å². The van der Waals surface area contributed by atoms with Crippen LogP contribution in [0.4, 0.5) is 0 Å². The van der Waals surface area contributed by atoms with Crippen LogP contribution in [0.3, 0.4) is 0 Å². The molecule has 1 saturated heterocycles. The van der Waals surface area contributed by atoms with Gasteiger partial charge < -0.3 is 9.47 Å². The van der Waals surface area contributed by atoms with Crippen LogP contribution >= 0.6 is 0 Å². The standard InChI is InChI=1S/C16H21N5O/c1-2-15-19-7-10-21(15)12-13-3-8-20(9-4-13)16(22)14-11-17-5-6-18-14/h5-7,10-11,13H,2-4,8-9,12H2,1H3. The molecule has 1 aliphatic rings. The van der Waals surface area contributed by atoms with Gasteiger partial charge in [0.05, 0.1) is 6.20 Å². The molecule has 0 saturated carbocycles. The number of piperidine rings is 1. The van der Waals surface area contributed by atoms with Gasteiger partial charge in [-0.3, -0.25) is 9.78 Å². The number of amides is 1. The van der Waals surface area contributed by atoms with Gasteiger partial charge in [0.15, 0.2) is 0 Å². The highest BCUT2D eigenvalue weighted by atomic mass is 16.2. The summed E-state index contributed by atoms with van der Waals surface area (Å²) in [5, 5.41) is 0. The molecule has 0 bridgehead atoms. The number of nitrogens with zero attached hydrogens (tertiary/aromatic N) is 5. The zero-order valence-corrected chi connectivity index (χ0v) is 12.9. The van der Waals surface area contributed by atoms with Crippen molar-refractivity contribution in [3.63, 3.8) is 0 Å². The molecule has 22 heavy (non-hydrogen) atoms. The van der Waals surface area contributed by atoms with E-state index in [0.29, 0.717) is 11.6 Å². The molecule has 0 unspecified atom stereocenters. The van der Waals surface area contributed by atoms with E-state index >= 15 is 0 Å². The third-order valence-corrected chi connectivity index (χ3v) is 4.26. The molecule has 3 rings (SSSR count). The highest BCUT2D eigenvalue weighted by molar-refractivity contribution is 5.91. The van der Waals surface area contributed by atoms with Crippen molar-refractivity contribution in [3.8, 4) is 0 Å². The van der Waals surface area contributed by atoms with Gasteiger partial charge in [-0.1, -0.05) is 6.92 Å². The molecule has 0 spiro atoms. The van der Waals surface area contributed by atoms with Crippen molar-refractivity contribution >= 4 is 5.91 Å². The second-order valence-corrected chi connectivity index (χ2v) is 5.68. The maximum Gasteiger partial charge on any atom is 0.274 e. The van der Waals surface area contributed by atoms with E-state index in [9.17, 15) is 4.79 Å². The summed E-state index contributed by atoms with van der Waals surface area (Å²) in [5.41, 5.74) is 0.434. The Morgan fingerprint density at radius 2 is 2.05 bits per heavy atom. The number of rotatable bonds is 4. The third kappa shape index (κ3) is 3.16. The van der Waals surface area contributed by atoms with Crippen molar-refractivity contribution < 1.29 is 4.79 Å². The molecule has 6 heteroatoms. The SMILES string of the molecule is CCc1nccn1CC1CCN(C(=O)c2cnccn2)CC1. The number of aryl methyl sites for hydroxylation is 1. The van der Waals surface area contributed by atoms with Gasteiger partial charge in [-0.05, 0) is 18.8 Å². The Labute approximate surface area is 130 Å².